The molecule has 0 aliphatic carbocycles. The standard InChI is InChI=1S/C19H14N2O4/c22-19-9-7-14-6-8-15(11-16(14)24-19)23-12-18-21-20-17(25-18)10-13-4-2-1-3-5-13/h1-9,11H,10,12H2. The summed E-state index contributed by atoms with van der Waals surface area (Å²) in [5.41, 5.74) is 1.18. The van der Waals surface area contributed by atoms with Crippen LogP contribution in [0.15, 0.2) is 74.3 Å². The summed E-state index contributed by atoms with van der Waals surface area (Å²) < 4.78 is 16.4. The molecule has 0 amide bonds. The van der Waals surface area contributed by atoms with Gasteiger partial charge < -0.3 is 13.6 Å². The lowest BCUT2D eigenvalue weighted by molar-refractivity contribution is 0.259. The van der Waals surface area contributed by atoms with E-state index in [4.69, 9.17) is 13.6 Å². The van der Waals surface area contributed by atoms with Gasteiger partial charge in [0.2, 0.25) is 5.89 Å². The van der Waals surface area contributed by atoms with Gasteiger partial charge in [0.15, 0.2) is 6.61 Å². The largest absolute Gasteiger partial charge is 0.484 e. The fraction of sp³-hybridized carbons (Fsp3) is 0.105. The van der Waals surface area contributed by atoms with Crippen molar-refractivity contribution in [1.82, 2.24) is 10.2 Å². The molecule has 0 spiro atoms. The topological polar surface area (TPSA) is 78.4 Å². The third-order valence-corrected chi connectivity index (χ3v) is 3.66. The van der Waals surface area contributed by atoms with Gasteiger partial charge in [0.1, 0.15) is 11.3 Å². The van der Waals surface area contributed by atoms with E-state index in [9.17, 15) is 4.79 Å². The highest BCUT2D eigenvalue weighted by molar-refractivity contribution is 5.77. The van der Waals surface area contributed by atoms with Gasteiger partial charge in [-0.15, -0.1) is 10.2 Å². The van der Waals surface area contributed by atoms with Crippen LogP contribution in [0, 0.1) is 0 Å². The quantitative estimate of drug-likeness (QED) is 0.521. The van der Waals surface area contributed by atoms with Gasteiger partial charge in [-0.1, -0.05) is 30.3 Å². The third kappa shape index (κ3) is 3.58. The normalized spacial score (nSPS) is 10.9. The van der Waals surface area contributed by atoms with E-state index in [1.807, 2.05) is 36.4 Å². The van der Waals surface area contributed by atoms with Crippen LogP contribution in [-0.4, -0.2) is 10.2 Å². The highest BCUT2D eigenvalue weighted by Crippen LogP contribution is 2.20. The van der Waals surface area contributed by atoms with Gasteiger partial charge >= 0.3 is 5.63 Å². The first kappa shape index (κ1) is 15.1. The van der Waals surface area contributed by atoms with Crippen molar-refractivity contribution < 1.29 is 13.6 Å². The smallest absolute Gasteiger partial charge is 0.336 e. The van der Waals surface area contributed by atoms with Crippen molar-refractivity contribution in [3.63, 3.8) is 0 Å². The Bertz CT molecular complexity index is 1050. The summed E-state index contributed by atoms with van der Waals surface area (Å²) in [6.07, 6.45) is 0.578. The van der Waals surface area contributed by atoms with E-state index < -0.39 is 5.63 Å². The summed E-state index contributed by atoms with van der Waals surface area (Å²) in [6, 6.07) is 18.3. The molecule has 25 heavy (non-hydrogen) atoms. The van der Waals surface area contributed by atoms with Crippen molar-refractivity contribution >= 4 is 11.0 Å². The molecular weight excluding hydrogens is 320 g/mol. The van der Waals surface area contributed by atoms with E-state index in [1.165, 1.54) is 6.07 Å². The van der Waals surface area contributed by atoms with Crippen LogP contribution in [0.3, 0.4) is 0 Å². The monoisotopic (exact) mass is 334 g/mol. The molecule has 2 aromatic heterocycles. The van der Waals surface area contributed by atoms with Gasteiger partial charge in [-0.25, -0.2) is 4.79 Å². The SMILES string of the molecule is O=c1ccc2ccc(OCc3nnc(Cc4ccccc4)o3)cc2o1. The van der Waals surface area contributed by atoms with Crippen LogP contribution in [0.4, 0.5) is 0 Å². The Morgan fingerprint density at radius 1 is 0.880 bits per heavy atom. The Hall–Kier alpha value is -3.41. The maximum Gasteiger partial charge on any atom is 0.336 e. The third-order valence-electron chi connectivity index (χ3n) is 3.66. The minimum Gasteiger partial charge on any atom is -0.484 e. The number of fused-ring (bicyclic) bond motifs is 1. The summed E-state index contributed by atoms with van der Waals surface area (Å²) in [4.78, 5) is 11.3. The van der Waals surface area contributed by atoms with Crippen molar-refractivity contribution in [3.05, 3.63) is 88.4 Å². The van der Waals surface area contributed by atoms with Crippen LogP contribution in [0.5, 0.6) is 5.75 Å². The lowest BCUT2D eigenvalue weighted by atomic mass is 10.2. The van der Waals surface area contributed by atoms with E-state index in [1.54, 1.807) is 18.2 Å². The minimum atomic E-state index is -0.396. The molecule has 6 nitrogen and oxygen atoms in total. The summed E-state index contributed by atoms with van der Waals surface area (Å²) in [5, 5.41) is 8.85. The van der Waals surface area contributed by atoms with Gasteiger partial charge in [0.25, 0.3) is 5.89 Å². The highest BCUT2D eigenvalue weighted by atomic mass is 16.5. The lowest BCUT2D eigenvalue weighted by Crippen LogP contribution is -1.97. The Morgan fingerprint density at radius 3 is 2.56 bits per heavy atom. The van der Waals surface area contributed by atoms with Crippen LogP contribution in [0.25, 0.3) is 11.0 Å². The van der Waals surface area contributed by atoms with Crippen molar-refractivity contribution in [2.24, 2.45) is 0 Å². The van der Waals surface area contributed by atoms with Crippen molar-refractivity contribution in [2.75, 3.05) is 0 Å². The van der Waals surface area contributed by atoms with Gasteiger partial charge in [0, 0.05) is 17.5 Å². The highest BCUT2D eigenvalue weighted by Gasteiger charge is 2.08. The molecular formula is C19H14N2O4. The van der Waals surface area contributed by atoms with Crippen LogP contribution in [0.2, 0.25) is 0 Å². The van der Waals surface area contributed by atoms with Gasteiger partial charge in [0.05, 0.1) is 6.42 Å². The summed E-state index contributed by atoms with van der Waals surface area (Å²) in [7, 11) is 0. The first-order chi connectivity index (χ1) is 12.3. The number of aromatic nitrogens is 2. The predicted molar refractivity (Wildman–Crippen MR) is 90.4 cm³/mol. The Balaban J connectivity index is 1.44. The van der Waals surface area contributed by atoms with Crippen molar-refractivity contribution in [1.29, 1.82) is 0 Å². The van der Waals surface area contributed by atoms with Crippen LogP contribution < -0.4 is 10.4 Å². The van der Waals surface area contributed by atoms with E-state index in [0.29, 0.717) is 29.5 Å². The van der Waals surface area contributed by atoms with Gasteiger partial charge in [-0.2, -0.15) is 0 Å². The van der Waals surface area contributed by atoms with Crippen molar-refractivity contribution in [2.45, 2.75) is 13.0 Å². The zero-order valence-corrected chi connectivity index (χ0v) is 13.2. The zero-order chi connectivity index (χ0) is 17.1. The maximum atomic E-state index is 11.3. The summed E-state index contributed by atoms with van der Waals surface area (Å²) >= 11 is 0. The number of nitrogens with zero attached hydrogens (tertiary/aromatic N) is 2. The molecule has 0 bridgehead atoms. The second kappa shape index (κ2) is 6.60. The molecule has 0 aliphatic rings. The fourth-order valence-corrected chi connectivity index (χ4v) is 2.46. The molecule has 0 N–H and O–H groups in total. The lowest BCUT2D eigenvalue weighted by Gasteiger charge is -2.04. The minimum absolute atomic E-state index is 0.143. The van der Waals surface area contributed by atoms with Crippen molar-refractivity contribution in [3.8, 4) is 5.75 Å². The Morgan fingerprint density at radius 2 is 1.68 bits per heavy atom. The molecule has 4 aromatic rings. The first-order valence-corrected chi connectivity index (χ1v) is 7.78. The zero-order valence-electron chi connectivity index (χ0n) is 13.2. The van der Waals surface area contributed by atoms with E-state index >= 15 is 0 Å². The second-order valence-corrected chi connectivity index (χ2v) is 5.49. The Labute approximate surface area is 142 Å². The maximum absolute atomic E-state index is 11.3. The fourth-order valence-electron chi connectivity index (χ4n) is 2.46. The second-order valence-electron chi connectivity index (χ2n) is 5.49. The van der Waals surface area contributed by atoms with Gasteiger partial charge in [-0.3, -0.25) is 0 Å². The van der Waals surface area contributed by atoms with E-state index in [2.05, 4.69) is 10.2 Å². The molecule has 0 atom stereocenters. The van der Waals surface area contributed by atoms with Crippen LogP contribution in [-0.2, 0) is 13.0 Å². The number of hydrogen-bond acceptors (Lipinski definition) is 6. The number of benzene rings is 2. The average molecular weight is 334 g/mol. The van der Waals surface area contributed by atoms with Gasteiger partial charge in [-0.05, 0) is 23.8 Å². The molecule has 0 saturated heterocycles. The molecule has 0 radical (unpaired) electrons. The molecule has 4 rings (SSSR count). The Kier molecular flexibility index (Phi) is 4.00. The first-order valence-electron chi connectivity index (χ1n) is 7.78. The molecule has 0 saturated carbocycles. The molecule has 2 heterocycles. The van der Waals surface area contributed by atoms with Crippen LogP contribution in [0.1, 0.15) is 17.3 Å². The summed E-state index contributed by atoms with van der Waals surface area (Å²) in [6.45, 7) is 0.143. The molecule has 124 valence electrons. The number of hydrogen-bond donors (Lipinski definition) is 0. The van der Waals surface area contributed by atoms with Crippen LogP contribution >= 0.6 is 0 Å². The molecule has 0 unspecified atom stereocenters. The number of rotatable bonds is 5. The molecule has 0 fully saturated rings. The van der Waals surface area contributed by atoms with E-state index in [0.717, 1.165) is 10.9 Å². The predicted octanol–water partition coefficient (Wildman–Crippen LogP) is 3.35. The number of ether oxygens (including phenoxy) is 1. The average Bonchev–Trinajstić information content (AvgIpc) is 3.08. The molecule has 6 heteroatoms. The van der Waals surface area contributed by atoms with E-state index in [-0.39, 0.29) is 6.61 Å². The summed E-state index contributed by atoms with van der Waals surface area (Å²) in [5.74, 6) is 1.49. The molecule has 0 aliphatic heterocycles. The molecule has 2 aromatic carbocycles.